The van der Waals surface area contributed by atoms with Gasteiger partial charge < -0.3 is 10.9 Å². The first-order chi connectivity index (χ1) is 6.38. The van der Waals surface area contributed by atoms with Crippen molar-refractivity contribution in [1.29, 1.82) is 0 Å². The minimum Gasteiger partial charge on any atom is -0.464 e. The predicted molar refractivity (Wildman–Crippen MR) is 56.5 cm³/mol. The molecular formula is C8H19NO5S. The molecule has 92 valence electrons. The molecule has 0 amide bonds. The second kappa shape index (κ2) is 7.61. The maximum atomic E-state index is 10.9. The molecule has 0 bridgehead atoms. The van der Waals surface area contributed by atoms with E-state index in [2.05, 4.69) is 4.74 Å². The first-order valence-corrected chi connectivity index (χ1v) is 6.00. The number of esters is 1. The van der Waals surface area contributed by atoms with Gasteiger partial charge in [-0.2, -0.15) is 8.42 Å². The van der Waals surface area contributed by atoms with E-state index >= 15 is 0 Å². The topological polar surface area (TPSA) is 116 Å². The smallest absolute Gasteiger partial charge is 0.305 e. The molecule has 0 spiro atoms. The Balaban J connectivity index is 0. The third-order valence-electron chi connectivity index (χ3n) is 1.72. The van der Waals surface area contributed by atoms with Gasteiger partial charge in [0.25, 0.3) is 10.1 Å². The van der Waals surface area contributed by atoms with Gasteiger partial charge in [0, 0.05) is 6.42 Å². The average Bonchev–Trinajstić information content (AvgIpc) is 2.09. The minimum atomic E-state index is -4.10. The summed E-state index contributed by atoms with van der Waals surface area (Å²) in [6.07, 6.45) is 1.89. The molecule has 0 aliphatic carbocycles. The summed E-state index contributed by atoms with van der Waals surface area (Å²) in [6.45, 7) is 2.93. The van der Waals surface area contributed by atoms with Gasteiger partial charge in [-0.1, -0.05) is 13.3 Å². The number of hydrogen-bond donors (Lipinski definition) is 2. The van der Waals surface area contributed by atoms with E-state index < -0.39 is 21.3 Å². The maximum Gasteiger partial charge on any atom is 0.305 e. The Labute approximate surface area is 90.3 Å². The first kappa shape index (κ1) is 16.8. The lowest BCUT2D eigenvalue weighted by Gasteiger charge is -2.08. The molecule has 0 aliphatic rings. The molecule has 0 aliphatic heterocycles. The summed E-state index contributed by atoms with van der Waals surface area (Å²) in [6, 6.07) is 0. The van der Waals surface area contributed by atoms with Crippen LogP contribution in [0.1, 0.15) is 33.1 Å². The molecule has 7 heteroatoms. The summed E-state index contributed by atoms with van der Waals surface area (Å²) < 4.78 is 34.3. The standard InChI is InChI=1S/C8H16O5S.H3N/c1-3-4-5-8(9)13-6-7(2)14(10,11)12;/h7H,3-6H2,1-2H3,(H,10,11,12);1H3. The monoisotopic (exact) mass is 241 g/mol. The molecule has 0 aromatic rings. The third kappa shape index (κ3) is 8.34. The van der Waals surface area contributed by atoms with E-state index in [1.54, 1.807) is 0 Å². The SMILES string of the molecule is CCCCC(=O)OCC(C)S(=O)(=O)O.N. The Kier molecular flexibility index (Phi) is 8.50. The highest BCUT2D eigenvalue weighted by molar-refractivity contribution is 7.86. The van der Waals surface area contributed by atoms with Crippen molar-refractivity contribution in [3.63, 3.8) is 0 Å². The van der Waals surface area contributed by atoms with Gasteiger partial charge in [0.1, 0.15) is 11.9 Å². The summed E-state index contributed by atoms with van der Waals surface area (Å²) in [4.78, 5) is 10.9. The summed E-state index contributed by atoms with van der Waals surface area (Å²) in [5, 5.41) is -1.06. The molecule has 0 aromatic carbocycles. The van der Waals surface area contributed by atoms with Crippen molar-refractivity contribution >= 4 is 16.1 Å². The van der Waals surface area contributed by atoms with Gasteiger partial charge >= 0.3 is 5.97 Å². The van der Waals surface area contributed by atoms with Crippen LogP contribution in [-0.2, 0) is 19.6 Å². The molecular weight excluding hydrogens is 222 g/mol. The van der Waals surface area contributed by atoms with Crippen LogP contribution in [-0.4, -0.2) is 30.8 Å². The summed E-state index contributed by atoms with van der Waals surface area (Å²) in [7, 11) is -4.10. The van der Waals surface area contributed by atoms with Crippen LogP contribution in [0.2, 0.25) is 0 Å². The number of carbonyl (C=O) groups excluding carboxylic acids is 1. The Hall–Kier alpha value is -0.660. The second-order valence-corrected chi connectivity index (χ2v) is 4.95. The number of hydrogen-bond acceptors (Lipinski definition) is 5. The fourth-order valence-electron chi connectivity index (χ4n) is 0.690. The number of ether oxygens (including phenoxy) is 1. The van der Waals surface area contributed by atoms with Crippen LogP contribution in [0.4, 0.5) is 0 Å². The first-order valence-electron chi connectivity index (χ1n) is 4.49. The number of rotatable bonds is 6. The van der Waals surface area contributed by atoms with E-state index in [9.17, 15) is 13.2 Å². The number of unbranched alkanes of at least 4 members (excludes halogenated alkanes) is 1. The number of carbonyl (C=O) groups is 1. The molecule has 0 saturated carbocycles. The van der Waals surface area contributed by atoms with Gasteiger partial charge in [0.05, 0.1) is 0 Å². The van der Waals surface area contributed by atoms with E-state index in [4.69, 9.17) is 4.55 Å². The Morgan fingerprint density at radius 1 is 1.47 bits per heavy atom. The largest absolute Gasteiger partial charge is 0.464 e. The van der Waals surface area contributed by atoms with Crippen molar-refractivity contribution in [2.45, 2.75) is 38.4 Å². The van der Waals surface area contributed by atoms with Gasteiger partial charge in [-0.15, -0.1) is 0 Å². The molecule has 1 atom stereocenters. The molecule has 4 N–H and O–H groups in total. The average molecular weight is 241 g/mol. The van der Waals surface area contributed by atoms with Crippen LogP contribution in [0.5, 0.6) is 0 Å². The zero-order valence-electron chi connectivity index (χ0n) is 9.10. The van der Waals surface area contributed by atoms with Crippen LogP contribution in [0.3, 0.4) is 0 Å². The maximum absolute atomic E-state index is 10.9. The molecule has 0 saturated heterocycles. The Bertz CT molecular complexity index is 275. The summed E-state index contributed by atoms with van der Waals surface area (Å²) in [5.41, 5.74) is 0. The quantitative estimate of drug-likeness (QED) is 0.532. The normalized spacial score (nSPS) is 12.7. The van der Waals surface area contributed by atoms with Crippen LogP contribution in [0, 0.1) is 0 Å². The molecule has 0 rings (SSSR count). The van der Waals surface area contributed by atoms with Gasteiger partial charge in [0.15, 0.2) is 0 Å². The Morgan fingerprint density at radius 2 is 2.00 bits per heavy atom. The highest BCUT2D eigenvalue weighted by Crippen LogP contribution is 2.01. The lowest BCUT2D eigenvalue weighted by Crippen LogP contribution is -2.24. The van der Waals surface area contributed by atoms with E-state index in [1.165, 1.54) is 6.92 Å². The van der Waals surface area contributed by atoms with Crippen molar-refractivity contribution in [2.24, 2.45) is 0 Å². The minimum absolute atomic E-state index is 0. The van der Waals surface area contributed by atoms with Crippen molar-refractivity contribution in [3.05, 3.63) is 0 Å². The van der Waals surface area contributed by atoms with Crippen LogP contribution in [0.15, 0.2) is 0 Å². The van der Waals surface area contributed by atoms with E-state index in [0.717, 1.165) is 12.8 Å². The zero-order valence-corrected chi connectivity index (χ0v) is 9.92. The van der Waals surface area contributed by atoms with Crippen molar-refractivity contribution in [1.82, 2.24) is 6.15 Å². The fourth-order valence-corrected chi connectivity index (χ4v) is 0.930. The molecule has 0 aromatic heterocycles. The van der Waals surface area contributed by atoms with E-state index in [1.807, 2.05) is 6.92 Å². The third-order valence-corrected chi connectivity index (χ3v) is 2.87. The van der Waals surface area contributed by atoms with Crippen molar-refractivity contribution < 1.29 is 22.5 Å². The van der Waals surface area contributed by atoms with Gasteiger partial charge in [-0.25, -0.2) is 0 Å². The lowest BCUT2D eigenvalue weighted by atomic mass is 10.2. The lowest BCUT2D eigenvalue weighted by molar-refractivity contribution is -0.143. The zero-order chi connectivity index (χ0) is 11.2. The molecule has 6 nitrogen and oxygen atoms in total. The van der Waals surface area contributed by atoms with E-state index in [0.29, 0.717) is 0 Å². The van der Waals surface area contributed by atoms with Gasteiger partial charge in [0.2, 0.25) is 0 Å². The van der Waals surface area contributed by atoms with Crippen molar-refractivity contribution in [3.8, 4) is 0 Å². The predicted octanol–water partition coefficient (Wildman–Crippen LogP) is 1.16. The Morgan fingerprint density at radius 3 is 2.40 bits per heavy atom. The second-order valence-electron chi connectivity index (χ2n) is 3.11. The van der Waals surface area contributed by atoms with Crippen LogP contribution >= 0.6 is 0 Å². The van der Waals surface area contributed by atoms with Crippen LogP contribution in [0.25, 0.3) is 0 Å². The fraction of sp³-hybridized carbons (Fsp3) is 0.875. The van der Waals surface area contributed by atoms with Gasteiger partial charge in [-0.3, -0.25) is 9.35 Å². The van der Waals surface area contributed by atoms with E-state index in [-0.39, 0.29) is 19.2 Å². The van der Waals surface area contributed by atoms with Crippen LogP contribution < -0.4 is 6.15 Å². The molecule has 1 unspecified atom stereocenters. The van der Waals surface area contributed by atoms with Crippen molar-refractivity contribution in [2.75, 3.05) is 6.61 Å². The molecule has 0 heterocycles. The molecule has 0 fully saturated rings. The van der Waals surface area contributed by atoms with Gasteiger partial charge in [-0.05, 0) is 13.3 Å². The molecule has 15 heavy (non-hydrogen) atoms. The molecule has 0 radical (unpaired) electrons. The highest BCUT2D eigenvalue weighted by Gasteiger charge is 2.18. The summed E-state index contributed by atoms with van der Waals surface area (Å²) >= 11 is 0. The highest BCUT2D eigenvalue weighted by atomic mass is 32.2. The summed E-state index contributed by atoms with van der Waals surface area (Å²) in [5.74, 6) is -0.428.